The number of carbonyl (C=O) groups is 1. The van der Waals surface area contributed by atoms with Gasteiger partial charge in [-0.25, -0.2) is 0 Å². The molecule has 0 saturated carbocycles. The third kappa shape index (κ3) is 3.35. The molecule has 1 saturated heterocycles. The third-order valence-corrected chi connectivity index (χ3v) is 4.91. The normalized spacial score (nSPS) is 20.2. The van der Waals surface area contributed by atoms with Crippen molar-refractivity contribution in [3.8, 4) is 0 Å². The van der Waals surface area contributed by atoms with Crippen molar-refractivity contribution in [2.75, 3.05) is 13.1 Å². The smallest absolute Gasteiger partial charge is 0.319 e. The molecule has 0 spiro atoms. The van der Waals surface area contributed by atoms with Gasteiger partial charge in [0.05, 0.1) is 0 Å². The van der Waals surface area contributed by atoms with Crippen molar-refractivity contribution in [3.05, 3.63) is 0 Å². The van der Waals surface area contributed by atoms with E-state index in [2.05, 4.69) is 4.90 Å². The van der Waals surface area contributed by atoms with Gasteiger partial charge in [0.1, 0.15) is 9.07 Å². The summed E-state index contributed by atoms with van der Waals surface area (Å²) in [4.78, 5) is 13.3. The molecule has 1 aliphatic heterocycles. The number of carboxylic acids is 1. The van der Waals surface area contributed by atoms with Gasteiger partial charge < -0.3 is 10.0 Å². The van der Waals surface area contributed by atoms with Gasteiger partial charge >= 0.3 is 5.97 Å². The second-order valence-electron chi connectivity index (χ2n) is 4.31. The number of hydrogen-bond acceptors (Lipinski definition) is 3. The minimum absolute atomic E-state index is 0.584. The fraction of sp³-hybridized carbons (Fsp3) is 0.818. The van der Waals surface area contributed by atoms with Crippen molar-refractivity contribution in [1.29, 1.82) is 0 Å². The average Bonchev–Trinajstić information content (AvgIpc) is 2.29. The fourth-order valence-corrected chi connectivity index (χ4v) is 3.26. The van der Waals surface area contributed by atoms with Gasteiger partial charge in [0.15, 0.2) is 0 Å². The number of rotatable bonds is 3. The Balaban J connectivity index is 2.57. The summed E-state index contributed by atoms with van der Waals surface area (Å²) in [5.74, 6) is -0.778. The van der Waals surface area contributed by atoms with Crippen molar-refractivity contribution in [2.45, 2.75) is 44.3 Å². The highest BCUT2D eigenvalue weighted by Crippen LogP contribution is 2.32. The van der Waals surface area contributed by atoms with E-state index in [4.69, 9.17) is 12.2 Å². The van der Waals surface area contributed by atoms with Crippen molar-refractivity contribution >= 4 is 34.3 Å². The largest absolute Gasteiger partial charge is 0.480 e. The van der Waals surface area contributed by atoms with Gasteiger partial charge in [0, 0.05) is 13.1 Å². The first-order valence-corrected chi connectivity index (χ1v) is 6.93. The standard InChI is InChI=1S/C11H19NO2S2/c1-3-11(2,9(13)14)16-10(15)12-7-5-4-6-8-12/h3-8H2,1-2H3,(H,13,14). The molecule has 0 bridgehead atoms. The van der Waals surface area contributed by atoms with Crippen LogP contribution >= 0.6 is 24.0 Å². The number of aliphatic carboxylic acids is 1. The fourth-order valence-electron chi connectivity index (χ4n) is 1.60. The summed E-state index contributed by atoms with van der Waals surface area (Å²) in [5.41, 5.74) is 0. The van der Waals surface area contributed by atoms with Crippen LogP contribution in [0, 0.1) is 0 Å². The zero-order valence-corrected chi connectivity index (χ0v) is 11.5. The summed E-state index contributed by atoms with van der Waals surface area (Å²) in [6.07, 6.45) is 4.17. The van der Waals surface area contributed by atoms with Gasteiger partial charge in [-0.15, -0.1) is 0 Å². The SMILES string of the molecule is CCC(C)(SC(=S)N1CCCCC1)C(=O)O. The molecular weight excluding hydrogens is 242 g/mol. The number of likely N-dealkylation sites (tertiary alicyclic amines) is 1. The molecule has 16 heavy (non-hydrogen) atoms. The molecule has 0 aliphatic carbocycles. The maximum atomic E-state index is 11.2. The second kappa shape index (κ2) is 5.87. The molecule has 0 amide bonds. The monoisotopic (exact) mass is 261 g/mol. The van der Waals surface area contributed by atoms with E-state index in [9.17, 15) is 9.90 Å². The summed E-state index contributed by atoms with van der Waals surface area (Å²) < 4.78 is -0.0411. The second-order valence-corrected chi connectivity index (χ2v) is 6.44. The molecular formula is C11H19NO2S2. The molecule has 0 aromatic rings. The predicted octanol–water partition coefficient (Wildman–Crippen LogP) is 2.74. The van der Waals surface area contributed by atoms with E-state index < -0.39 is 10.7 Å². The van der Waals surface area contributed by atoms with Gasteiger partial charge in [-0.05, 0) is 32.6 Å². The molecule has 1 atom stereocenters. The number of thioether (sulfide) groups is 1. The Morgan fingerprint density at radius 3 is 2.44 bits per heavy atom. The number of carboxylic acid groups (broad SMARTS) is 1. The van der Waals surface area contributed by atoms with Crippen molar-refractivity contribution in [3.63, 3.8) is 0 Å². The molecule has 1 rings (SSSR count). The van der Waals surface area contributed by atoms with Crippen LogP contribution < -0.4 is 0 Å². The van der Waals surface area contributed by atoms with E-state index in [1.165, 1.54) is 18.2 Å². The molecule has 3 nitrogen and oxygen atoms in total. The summed E-state index contributed by atoms with van der Waals surface area (Å²) in [7, 11) is 0. The Bertz CT molecular complexity index is 277. The zero-order valence-electron chi connectivity index (χ0n) is 9.86. The number of nitrogens with zero attached hydrogens (tertiary/aromatic N) is 1. The Labute approximate surface area is 107 Å². The molecule has 1 N–H and O–H groups in total. The predicted molar refractivity (Wildman–Crippen MR) is 71.9 cm³/mol. The molecule has 0 aromatic heterocycles. The van der Waals surface area contributed by atoms with Crippen LogP contribution in [0.1, 0.15) is 39.5 Å². The van der Waals surface area contributed by atoms with E-state index in [0.717, 1.165) is 30.3 Å². The summed E-state index contributed by atoms with van der Waals surface area (Å²) in [6.45, 7) is 5.59. The Morgan fingerprint density at radius 1 is 1.44 bits per heavy atom. The first-order chi connectivity index (χ1) is 7.49. The highest BCUT2D eigenvalue weighted by Gasteiger charge is 2.34. The van der Waals surface area contributed by atoms with Gasteiger partial charge in [0.2, 0.25) is 0 Å². The van der Waals surface area contributed by atoms with Crippen LogP contribution in [0.15, 0.2) is 0 Å². The highest BCUT2D eigenvalue weighted by atomic mass is 32.2. The van der Waals surface area contributed by atoms with Crippen LogP contribution in [0.2, 0.25) is 0 Å². The van der Waals surface area contributed by atoms with E-state index in [1.54, 1.807) is 6.92 Å². The van der Waals surface area contributed by atoms with Crippen LogP contribution in [0.25, 0.3) is 0 Å². The Hall–Kier alpha value is -0.290. The first kappa shape index (κ1) is 13.8. The number of thiocarbonyl (C=S) groups is 1. The summed E-state index contributed by atoms with van der Waals surface area (Å²) in [5, 5.41) is 9.18. The lowest BCUT2D eigenvalue weighted by atomic mass is 10.1. The quantitative estimate of drug-likeness (QED) is 0.791. The van der Waals surface area contributed by atoms with Crippen molar-refractivity contribution < 1.29 is 9.90 Å². The minimum Gasteiger partial charge on any atom is -0.480 e. The van der Waals surface area contributed by atoms with E-state index >= 15 is 0 Å². The minimum atomic E-state index is -0.783. The lowest BCUT2D eigenvalue weighted by molar-refractivity contribution is -0.139. The zero-order chi connectivity index (χ0) is 12.2. The van der Waals surface area contributed by atoms with Gasteiger partial charge in [-0.3, -0.25) is 4.79 Å². The molecule has 1 aliphatic rings. The average molecular weight is 261 g/mol. The van der Waals surface area contributed by atoms with E-state index in [-0.39, 0.29) is 0 Å². The lowest BCUT2D eigenvalue weighted by Gasteiger charge is -2.32. The van der Waals surface area contributed by atoms with E-state index in [1.807, 2.05) is 6.92 Å². The molecule has 5 heteroatoms. The van der Waals surface area contributed by atoms with Crippen LogP contribution in [0.3, 0.4) is 0 Å². The van der Waals surface area contributed by atoms with Crippen molar-refractivity contribution in [1.82, 2.24) is 4.90 Å². The van der Waals surface area contributed by atoms with E-state index in [0.29, 0.717) is 6.42 Å². The third-order valence-electron chi connectivity index (χ3n) is 3.05. The molecule has 0 radical (unpaired) electrons. The van der Waals surface area contributed by atoms with Crippen LogP contribution in [-0.2, 0) is 4.79 Å². The van der Waals surface area contributed by atoms with Gasteiger partial charge in [0.25, 0.3) is 0 Å². The molecule has 1 fully saturated rings. The molecule has 0 aromatic carbocycles. The summed E-state index contributed by atoms with van der Waals surface area (Å²) in [6, 6.07) is 0. The topological polar surface area (TPSA) is 40.5 Å². The van der Waals surface area contributed by atoms with Gasteiger partial charge in [-0.1, -0.05) is 30.9 Å². The summed E-state index contributed by atoms with van der Waals surface area (Å²) >= 11 is 6.65. The maximum Gasteiger partial charge on any atom is 0.319 e. The Morgan fingerprint density at radius 2 is 2.00 bits per heavy atom. The Kier molecular flexibility index (Phi) is 5.05. The van der Waals surface area contributed by atoms with Crippen molar-refractivity contribution in [2.24, 2.45) is 0 Å². The molecule has 1 heterocycles. The number of hydrogen-bond donors (Lipinski definition) is 1. The van der Waals surface area contributed by atoms with Crippen LogP contribution in [-0.4, -0.2) is 38.1 Å². The maximum absolute atomic E-state index is 11.2. The highest BCUT2D eigenvalue weighted by molar-refractivity contribution is 8.24. The lowest BCUT2D eigenvalue weighted by Crippen LogP contribution is -2.38. The molecule has 92 valence electrons. The van der Waals surface area contributed by atoms with Crippen LogP contribution in [0.5, 0.6) is 0 Å². The number of piperidine rings is 1. The molecule has 1 unspecified atom stereocenters. The van der Waals surface area contributed by atoms with Gasteiger partial charge in [-0.2, -0.15) is 0 Å². The first-order valence-electron chi connectivity index (χ1n) is 5.71. The van der Waals surface area contributed by atoms with Crippen LogP contribution in [0.4, 0.5) is 0 Å².